The topological polar surface area (TPSA) is 50.8 Å². The number of hydrogen-bond donors (Lipinski definition) is 1. The molecule has 1 saturated heterocycles. The molecule has 1 N–H and O–H groups in total. The van der Waals surface area contributed by atoms with Gasteiger partial charge >= 0.3 is 0 Å². The number of hydrogen-bond acceptors (Lipinski definition) is 4. The molecule has 27 heavy (non-hydrogen) atoms. The van der Waals surface area contributed by atoms with Crippen LogP contribution in [-0.2, 0) is 9.53 Å². The third-order valence-electron chi connectivity index (χ3n) is 4.66. The number of carbonyl (C=O) groups excluding carboxylic acids is 1. The molecule has 0 radical (unpaired) electrons. The Morgan fingerprint density at radius 3 is 2.70 bits per heavy atom. The van der Waals surface area contributed by atoms with Gasteiger partial charge in [-0.15, -0.1) is 0 Å². The van der Waals surface area contributed by atoms with Crippen molar-refractivity contribution in [3.8, 4) is 5.75 Å². The van der Waals surface area contributed by atoms with Crippen LogP contribution in [0.25, 0.3) is 0 Å². The first kappa shape index (κ1) is 19.2. The van der Waals surface area contributed by atoms with Gasteiger partial charge in [-0.3, -0.25) is 4.79 Å². The Hall–Kier alpha value is -2.53. The Labute approximate surface area is 161 Å². The van der Waals surface area contributed by atoms with Crippen LogP contribution >= 0.6 is 0 Å². The van der Waals surface area contributed by atoms with Gasteiger partial charge in [0.25, 0.3) is 5.91 Å². The summed E-state index contributed by atoms with van der Waals surface area (Å²) in [5.74, 6) is 0.960. The summed E-state index contributed by atoms with van der Waals surface area (Å²) in [4.78, 5) is 14.6. The lowest BCUT2D eigenvalue weighted by molar-refractivity contribution is -0.118. The SMILES string of the molecule is Cc1ccc(C(C)C)c(OCC(=O)Nc2cccc(N3CCOCC3)c2)c1. The highest BCUT2D eigenvalue weighted by molar-refractivity contribution is 5.92. The zero-order chi connectivity index (χ0) is 19.2. The van der Waals surface area contributed by atoms with Gasteiger partial charge < -0.3 is 19.7 Å². The maximum absolute atomic E-state index is 12.4. The third kappa shape index (κ3) is 5.23. The number of amides is 1. The van der Waals surface area contributed by atoms with E-state index in [1.807, 2.05) is 31.2 Å². The summed E-state index contributed by atoms with van der Waals surface area (Å²) >= 11 is 0. The summed E-state index contributed by atoms with van der Waals surface area (Å²) in [7, 11) is 0. The standard InChI is InChI=1S/C22H28N2O3/c1-16(2)20-8-7-17(3)13-21(20)27-15-22(25)23-18-5-4-6-19(14-18)24-9-11-26-12-10-24/h4-8,13-14,16H,9-12,15H2,1-3H3,(H,23,25). The molecule has 5 nitrogen and oxygen atoms in total. The van der Waals surface area contributed by atoms with Crippen molar-refractivity contribution >= 4 is 17.3 Å². The van der Waals surface area contributed by atoms with Crippen LogP contribution in [0.1, 0.15) is 30.9 Å². The molecule has 0 saturated carbocycles. The molecule has 3 rings (SSSR count). The monoisotopic (exact) mass is 368 g/mol. The quantitative estimate of drug-likeness (QED) is 0.838. The third-order valence-corrected chi connectivity index (χ3v) is 4.66. The lowest BCUT2D eigenvalue weighted by atomic mass is 10.0. The number of anilines is 2. The molecule has 0 bridgehead atoms. The first-order valence-corrected chi connectivity index (χ1v) is 9.49. The van der Waals surface area contributed by atoms with Crippen LogP contribution in [-0.4, -0.2) is 38.8 Å². The smallest absolute Gasteiger partial charge is 0.262 e. The molecule has 1 heterocycles. The molecule has 0 spiro atoms. The molecule has 5 heteroatoms. The number of nitrogens with one attached hydrogen (secondary N) is 1. The fourth-order valence-electron chi connectivity index (χ4n) is 3.19. The largest absolute Gasteiger partial charge is 0.483 e. The highest BCUT2D eigenvalue weighted by atomic mass is 16.5. The first-order valence-electron chi connectivity index (χ1n) is 9.49. The number of benzene rings is 2. The second kappa shape index (κ2) is 8.91. The zero-order valence-corrected chi connectivity index (χ0v) is 16.3. The number of morpholine rings is 1. The van der Waals surface area contributed by atoms with Gasteiger partial charge in [0.05, 0.1) is 13.2 Å². The van der Waals surface area contributed by atoms with Gasteiger partial charge in [-0.05, 0) is 48.2 Å². The maximum Gasteiger partial charge on any atom is 0.262 e. The Bertz CT molecular complexity index is 783. The summed E-state index contributed by atoms with van der Waals surface area (Å²) in [6.45, 7) is 9.46. The van der Waals surface area contributed by atoms with Crippen LogP contribution in [0.3, 0.4) is 0 Å². The number of ether oxygens (including phenoxy) is 2. The lowest BCUT2D eigenvalue weighted by Gasteiger charge is -2.29. The molecular weight excluding hydrogens is 340 g/mol. The number of carbonyl (C=O) groups is 1. The molecule has 144 valence electrons. The van der Waals surface area contributed by atoms with E-state index < -0.39 is 0 Å². The summed E-state index contributed by atoms with van der Waals surface area (Å²) in [5.41, 5.74) is 4.11. The van der Waals surface area contributed by atoms with Crippen LogP contribution in [0.4, 0.5) is 11.4 Å². The Kier molecular flexibility index (Phi) is 6.35. The Morgan fingerprint density at radius 2 is 1.96 bits per heavy atom. The second-order valence-corrected chi connectivity index (χ2v) is 7.18. The van der Waals surface area contributed by atoms with Crippen LogP contribution < -0.4 is 15.0 Å². The van der Waals surface area contributed by atoms with E-state index in [-0.39, 0.29) is 12.5 Å². The van der Waals surface area contributed by atoms with E-state index >= 15 is 0 Å². The van der Waals surface area contributed by atoms with Crippen molar-refractivity contribution in [2.75, 3.05) is 43.1 Å². The number of nitrogens with zero attached hydrogens (tertiary/aromatic N) is 1. The predicted molar refractivity (Wildman–Crippen MR) is 109 cm³/mol. The first-order chi connectivity index (χ1) is 13.0. The van der Waals surface area contributed by atoms with Gasteiger partial charge in [-0.2, -0.15) is 0 Å². The summed E-state index contributed by atoms with van der Waals surface area (Å²) in [5, 5.41) is 2.93. The van der Waals surface area contributed by atoms with Crippen LogP contribution in [0.2, 0.25) is 0 Å². The molecule has 1 amide bonds. The van der Waals surface area contributed by atoms with E-state index in [4.69, 9.17) is 9.47 Å². The van der Waals surface area contributed by atoms with Crippen LogP contribution in [0.5, 0.6) is 5.75 Å². The van der Waals surface area contributed by atoms with Gasteiger partial charge in [0.1, 0.15) is 5.75 Å². The predicted octanol–water partition coefficient (Wildman–Crippen LogP) is 3.97. The van der Waals surface area contributed by atoms with E-state index in [1.165, 1.54) is 0 Å². The van der Waals surface area contributed by atoms with Gasteiger partial charge in [0, 0.05) is 24.5 Å². The fourth-order valence-corrected chi connectivity index (χ4v) is 3.19. The summed E-state index contributed by atoms with van der Waals surface area (Å²) in [6.07, 6.45) is 0. The normalized spacial score (nSPS) is 14.3. The highest BCUT2D eigenvalue weighted by Crippen LogP contribution is 2.27. The average molecular weight is 368 g/mol. The molecule has 0 atom stereocenters. The highest BCUT2D eigenvalue weighted by Gasteiger charge is 2.13. The van der Waals surface area contributed by atoms with Crippen molar-refractivity contribution in [2.45, 2.75) is 26.7 Å². The second-order valence-electron chi connectivity index (χ2n) is 7.18. The van der Waals surface area contributed by atoms with E-state index in [0.717, 1.165) is 54.6 Å². The fraction of sp³-hybridized carbons (Fsp3) is 0.409. The van der Waals surface area contributed by atoms with Gasteiger partial charge in [-0.25, -0.2) is 0 Å². The van der Waals surface area contributed by atoms with Crippen molar-refractivity contribution in [2.24, 2.45) is 0 Å². The van der Waals surface area contributed by atoms with Crippen molar-refractivity contribution < 1.29 is 14.3 Å². The van der Waals surface area contributed by atoms with Crippen LogP contribution in [0.15, 0.2) is 42.5 Å². The molecule has 0 unspecified atom stereocenters. The minimum absolute atomic E-state index is 0.00897. The van der Waals surface area contributed by atoms with E-state index in [0.29, 0.717) is 5.92 Å². The molecule has 0 aliphatic carbocycles. The van der Waals surface area contributed by atoms with Crippen LogP contribution in [0, 0.1) is 6.92 Å². The lowest BCUT2D eigenvalue weighted by Crippen LogP contribution is -2.36. The Morgan fingerprint density at radius 1 is 1.19 bits per heavy atom. The minimum atomic E-state index is -0.162. The van der Waals surface area contributed by atoms with Crippen molar-refractivity contribution in [1.82, 2.24) is 0 Å². The van der Waals surface area contributed by atoms with Gasteiger partial charge in [0.2, 0.25) is 0 Å². The van der Waals surface area contributed by atoms with E-state index in [9.17, 15) is 4.79 Å². The average Bonchev–Trinajstić information content (AvgIpc) is 2.67. The van der Waals surface area contributed by atoms with Gasteiger partial charge in [0.15, 0.2) is 6.61 Å². The number of aryl methyl sites for hydroxylation is 1. The number of rotatable bonds is 6. The van der Waals surface area contributed by atoms with E-state index in [1.54, 1.807) is 0 Å². The van der Waals surface area contributed by atoms with Gasteiger partial charge in [-0.1, -0.05) is 32.0 Å². The van der Waals surface area contributed by atoms with Crippen molar-refractivity contribution in [3.05, 3.63) is 53.6 Å². The molecule has 1 aliphatic heterocycles. The molecule has 2 aromatic carbocycles. The van der Waals surface area contributed by atoms with E-state index in [2.05, 4.69) is 42.3 Å². The summed E-state index contributed by atoms with van der Waals surface area (Å²) < 4.78 is 11.2. The van der Waals surface area contributed by atoms with Crippen molar-refractivity contribution in [3.63, 3.8) is 0 Å². The zero-order valence-electron chi connectivity index (χ0n) is 16.3. The minimum Gasteiger partial charge on any atom is -0.483 e. The maximum atomic E-state index is 12.4. The van der Waals surface area contributed by atoms with Crippen molar-refractivity contribution in [1.29, 1.82) is 0 Å². The molecule has 2 aromatic rings. The summed E-state index contributed by atoms with van der Waals surface area (Å²) in [6, 6.07) is 14.0. The molecule has 1 aliphatic rings. The molecular formula is C22H28N2O3. The molecule has 0 aromatic heterocycles. The molecule has 1 fully saturated rings. The Balaban J connectivity index is 1.61.